The van der Waals surface area contributed by atoms with E-state index in [9.17, 15) is 9.59 Å². The van der Waals surface area contributed by atoms with Gasteiger partial charge in [-0.2, -0.15) is 4.98 Å². The molecule has 8 nitrogen and oxygen atoms in total. The lowest BCUT2D eigenvalue weighted by Crippen LogP contribution is -2.37. The Morgan fingerprint density at radius 2 is 2.00 bits per heavy atom. The zero-order valence-corrected chi connectivity index (χ0v) is 12.9. The van der Waals surface area contributed by atoms with Crippen LogP contribution in [-0.4, -0.2) is 31.2 Å². The third-order valence-corrected chi connectivity index (χ3v) is 3.99. The standard InChI is InChI=1S/C13H22N6O2/c1-5-13(2,6-7-14)17-11-15-8-9(16-11)18(3)12(21)19(4)10(8)20/h5-7,14H2,1-4H3,(H2,15,16,17). The first kappa shape index (κ1) is 15.3. The Balaban J connectivity index is 2.54. The maximum Gasteiger partial charge on any atom is 0.332 e. The van der Waals surface area contributed by atoms with E-state index in [2.05, 4.69) is 22.2 Å². The van der Waals surface area contributed by atoms with Gasteiger partial charge in [-0.1, -0.05) is 6.92 Å². The zero-order valence-electron chi connectivity index (χ0n) is 12.9. The molecule has 0 saturated heterocycles. The van der Waals surface area contributed by atoms with E-state index in [0.717, 1.165) is 17.4 Å². The van der Waals surface area contributed by atoms with Crippen LogP contribution in [0.1, 0.15) is 26.7 Å². The number of aromatic amines is 1. The summed E-state index contributed by atoms with van der Waals surface area (Å²) in [5.41, 5.74) is 5.30. The lowest BCUT2D eigenvalue weighted by Gasteiger charge is -2.28. The van der Waals surface area contributed by atoms with Crippen LogP contribution in [0.2, 0.25) is 0 Å². The molecule has 0 radical (unpaired) electrons. The van der Waals surface area contributed by atoms with Crippen LogP contribution in [0.5, 0.6) is 0 Å². The summed E-state index contributed by atoms with van der Waals surface area (Å²) in [5.74, 6) is 0.473. The Labute approximate surface area is 122 Å². The van der Waals surface area contributed by atoms with Gasteiger partial charge in [0.2, 0.25) is 5.95 Å². The van der Waals surface area contributed by atoms with Gasteiger partial charge < -0.3 is 16.0 Å². The molecule has 2 rings (SSSR count). The summed E-state index contributed by atoms with van der Waals surface area (Å²) in [5, 5.41) is 3.28. The molecule has 8 heteroatoms. The molecule has 21 heavy (non-hydrogen) atoms. The predicted molar refractivity (Wildman–Crippen MR) is 82.6 cm³/mol. The van der Waals surface area contributed by atoms with Crippen LogP contribution in [0.3, 0.4) is 0 Å². The van der Waals surface area contributed by atoms with Crippen molar-refractivity contribution in [3.8, 4) is 0 Å². The van der Waals surface area contributed by atoms with Gasteiger partial charge in [0.25, 0.3) is 5.56 Å². The maximum absolute atomic E-state index is 12.1. The number of nitrogens with zero attached hydrogens (tertiary/aromatic N) is 3. The second-order valence-electron chi connectivity index (χ2n) is 5.57. The van der Waals surface area contributed by atoms with E-state index in [4.69, 9.17) is 5.73 Å². The lowest BCUT2D eigenvalue weighted by molar-refractivity contribution is 0.460. The van der Waals surface area contributed by atoms with Gasteiger partial charge in [0.05, 0.1) is 0 Å². The van der Waals surface area contributed by atoms with E-state index in [1.807, 2.05) is 6.92 Å². The highest BCUT2D eigenvalue weighted by Crippen LogP contribution is 2.20. The monoisotopic (exact) mass is 294 g/mol. The van der Waals surface area contributed by atoms with E-state index in [0.29, 0.717) is 23.7 Å². The molecule has 1 atom stereocenters. The number of hydrogen-bond acceptors (Lipinski definition) is 5. The minimum absolute atomic E-state index is 0.216. The molecule has 2 aromatic rings. The van der Waals surface area contributed by atoms with Gasteiger partial charge >= 0.3 is 5.69 Å². The molecule has 0 aromatic carbocycles. The smallest absolute Gasteiger partial charge is 0.332 e. The van der Waals surface area contributed by atoms with Gasteiger partial charge in [0, 0.05) is 19.6 Å². The van der Waals surface area contributed by atoms with Crippen LogP contribution in [0, 0.1) is 0 Å². The first-order valence-electron chi connectivity index (χ1n) is 6.97. The quantitative estimate of drug-likeness (QED) is 0.712. The number of anilines is 1. The normalized spacial score (nSPS) is 14.3. The van der Waals surface area contributed by atoms with Crippen molar-refractivity contribution in [2.75, 3.05) is 11.9 Å². The molecule has 0 fully saturated rings. The van der Waals surface area contributed by atoms with E-state index in [1.165, 1.54) is 11.6 Å². The largest absolute Gasteiger partial charge is 0.351 e. The zero-order chi connectivity index (χ0) is 15.8. The van der Waals surface area contributed by atoms with Crippen molar-refractivity contribution in [2.24, 2.45) is 19.8 Å². The van der Waals surface area contributed by atoms with Crippen molar-refractivity contribution in [3.63, 3.8) is 0 Å². The van der Waals surface area contributed by atoms with Crippen molar-refractivity contribution in [1.82, 2.24) is 19.1 Å². The highest BCUT2D eigenvalue weighted by molar-refractivity contribution is 5.72. The van der Waals surface area contributed by atoms with Gasteiger partial charge in [0.15, 0.2) is 11.2 Å². The number of nitrogens with one attached hydrogen (secondary N) is 2. The number of aromatic nitrogens is 4. The minimum Gasteiger partial charge on any atom is -0.351 e. The van der Waals surface area contributed by atoms with Crippen LogP contribution in [0.4, 0.5) is 5.95 Å². The highest BCUT2D eigenvalue weighted by atomic mass is 16.2. The number of nitrogens with two attached hydrogens (primary N) is 1. The minimum atomic E-state index is -0.397. The van der Waals surface area contributed by atoms with Crippen LogP contribution in [0.25, 0.3) is 11.2 Å². The molecule has 0 amide bonds. The average Bonchev–Trinajstić information content (AvgIpc) is 2.86. The Hall–Kier alpha value is -2.09. The molecule has 0 saturated carbocycles. The summed E-state index contributed by atoms with van der Waals surface area (Å²) < 4.78 is 2.41. The van der Waals surface area contributed by atoms with Crippen molar-refractivity contribution in [1.29, 1.82) is 0 Å². The number of rotatable bonds is 5. The molecular formula is C13H22N6O2. The molecule has 2 heterocycles. The molecule has 0 aliphatic carbocycles. The molecule has 0 bridgehead atoms. The number of aryl methyl sites for hydroxylation is 1. The van der Waals surface area contributed by atoms with E-state index in [1.54, 1.807) is 7.05 Å². The molecule has 1 unspecified atom stereocenters. The maximum atomic E-state index is 12.1. The summed E-state index contributed by atoms with van der Waals surface area (Å²) in [6, 6.07) is 0. The second-order valence-corrected chi connectivity index (χ2v) is 5.57. The van der Waals surface area contributed by atoms with Gasteiger partial charge in [-0.15, -0.1) is 0 Å². The molecular weight excluding hydrogens is 272 g/mol. The third kappa shape index (κ3) is 2.58. The van der Waals surface area contributed by atoms with Crippen LogP contribution < -0.4 is 22.3 Å². The van der Waals surface area contributed by atoms with Gasteiger partial charge in [0.1, 0.15) is 0 Å². The summed E-state index contributed by atoms with van der Waals surface area (Å²) in [6.07, 6.45) is 1.63. The molecule has 116 valence electrons. The fourth-order valence-corrected chi connectivity index (χ4v) is 2.32. The summed E-state index contributed by atoms with van der Waals surface area (Å²) >= 11 is 0. The van der Waals surface area contributed by atoms with Crippen molar-refractivity contribution in [3.05, 3.63) is 20.8 Å². The number of imidazole rings is 1. The predicted octanol–water partition coefficient (Wildman–Crippen LogP) is -0.110. The molecule has 0 aliphatic rings. The topological polar surface area (TPSA) is 111 Å². The Kier molecular flexibility index (Phi) is 3.91. The molecule has 4 N–H and O–H groups in total. The van der Waals surface area contributed by atoms with E-state index >= 15 is 0 Å². The highest BCUT2D eigenvalue weighted by Gasteiger charge is 2.23. The van der Waals surface area contributed by atoms with Gasteiger partial charge in [-0.25, -0.2) is 4.79 Å². The van der Waals surface area contributed by atoms with Crippen LogP contribution in [-0.2, 0) is 14.1 Å². The summed E-state index contributed by atoms with van der Waals surface area (Å²) in [6.45, 7) is 4.65. The Bertz CT molecular complexity index is 771. The fraction of sp³-hybridized carbons (Fsp3) is 0.615. The molecule has 0 spiro atoms. The van der Waals surface area contributed by atoms with Crippen molar-refractivity contribution >= 4 is 17.1 Å². The first-order valence-corrected chi connectivity index (χ1v) is 6.97. The van der Waals surface area contributed by atoms with Gasteiger partial charge in [-0.3, -0.25) is 13.9 Å². The second kappa shape index (κ2) is 5.36. The lowest BCUT2D eigenvalue weighted by atomic mass is 9.95. The molecule has 2 aromatic heterocycles. The summed E-state index contributed by atoms with van der Waals surface area (Å²) in [7, 11) is 3.04. The number of fused-ring (bicyclic) bond motifs is 1. The fourth-order valence-electron chi connectivity index (χ4n) is 2.32. The van der Waals surface area contributed by atoms with Gasteiger partial charge in [-0.05, 0) is 26.3 Å². The summed E-state index contributed by atoms with van der Waals surface area (Å²) in [4.78, 5) is 31.3. The van der Waals surface area contributed by atoms with Crippen LogP contribution >= 0.6 is 0 Å². The van der Waals surface area contributed by atoms with Crippen molar-refractivity contribution < 1.29 is 0 Å². The van der Waals surface area contributed by atoms with Crippen LogP contribution in [0.15, 0.2) is 9.59 Å². The van der Waals surface area contributed by atoms with E-state index < -0.39 is 5.69 Å². The Morgan fingerprint density at radius 1 is 1.33 bits per heavy atom. The number of hydrogen-bond donors (Lipinski definition) is 3. The average molecular weight is 294 g/mol. The SMILES string of the molecule is CCC(C)(CCN)Nc1nc2c([nH]1)c(=O)n(C)c(=O)n2C. The van der Waals surface area contributed by atoms with E-state index in [-0.39, 0.29) is 11.1 Å². The number of H-pyrrole nitrogens is 1. The Morgan fingerprint density at radius 3 is 2.57 bits per heavy atom. The third-order valence-electron chi connectivity index (χ3n) is 3.99. The first-order chi connectivity index (χ1) is 9.83. The van der Waals surface area contributed by atoms with Crippen molar-refractivity contribution in [2.45, 2.75) is 32.2 Å². The molecule has 0 aliphatic heterocycles.